The second-order valence-corrected chi connectivity index (χ2v) is 5.81. The van der Waals surface area contributed by atoms with E-state index in [4.69, 9.17) is 9.47 Å². The molecule has 1 fully saturated rings. The van der Waals surface area contributed by atoms with Gasteiger partial charge in [0.1, 0.15) is 5.75 Å². The van der Waals surface area contributed by atoms with Gasteiger partial charge < -0.3 is 19.7 Å². The summed E-state index contributed by atoms with van der Waals surface area (Å²) < 4.78 is 10.8. The van der Waals surface area contributed by atoms with E-state index in [2.05, 4.69) is 22.3 Å². The molecule has 21 heavy (non-hydrogen) atoms. The van der Waals surface area contributed by atoms with Crippen LogP contribution in [0.4, 0.5) is 0 Å². The molecule has 1 aliphatic rings. The number of nitrogens with one attached hydrogen (secondary N) is 1. The number of hydrogen-bond acceptors (Lipinski definition) is 4. The van der Waals surface area contributed by atoms with Crippen LogP contribution in [-0.4, -0.2) is 52.4 Å². The van der Waals surface area contributed by atoms with E-state index in [-0.39, 0.29) is 0 Å². The van der Waals surface area contributed by atoms with Crippen molar-refractivity contribution in [2.75, 3.05) is 47.5 Å². The van der Waals surface area contributed by atoms with Gasteiger partial charge in [0.15, 0.2) is 0 Å². The van der Waals surface area contributed by atoms with Crippen LogP contribution in [0.5, 0.6) is 5.75 Å². The second-order valence-electron chi connectivity index (χ2n) is 5.81. The Kier molecular flexibility index (Phi) is 6.49. The van der Waals surface area contributed by atoms with E-state index in [9.17, 15) is 0 Å². The topological polar surface area (TPSA) is 33.7 Å². The third kappa shape index (κ3) is 4.43. The molecular weight excluding hydrogens is 264 g/mol. The smallest absolute Gasteiger partial charge is 0.123 e. The first-order chi connectivity index (χ1) is 10.3. The molecule has 0 spiro atoms. The molecule has 2 unspecified atom stereocenters. The van der Waals surface area contributed by atoms with Gasteiger partial charge in [-0.25, -0.2) is 0 Å². The van der Waals surface area contributed by atoms with Crippen molar-refractivity contribution in [2.24, 2.45) is 5.92 Å². The maximum atomic E-state index is 5.50. The molecule has 0 aliphatic carbocycles. The summed E-state index contributed by atoms with van der Waals surface area (Å²) in [4.78, 5) is 2.54. The average Bonchev–Trinajstić information content (AvgIpc) is 2.53. The average molecular weight is 292 g/mol. The molecule has 0 aromatic heterocycles. The van der Waals surface area contributed by atoms with E-state index in [1.807, 2.05) is 19.2 Å². The summed E-state index contributed by atoms with van der Waals surface area (Å²) in [5.74, 6) is 1.63. The molecule has 1 N–H and O–H groups in total. The summed E-state index contributed by atoms with van der Waals surface area (Å²) in [7, 11) is 5.55. The lowest BCUT2D eigenvalue weighted by Gasteiger charge is -2.35. The van der Waals surface area contributed by atoms with E-state index < -0.39 is 0 Å². The number of piperidine rings is 1. The summed E-state index contributed by atoms with van der Waals surface area (Å²) >= 11 is 0. The van der Waals surface area contributed by atoms with Crippen molar-refractivity contribution in [3.63, 3.8) is 0 Å². The molecule has 0 bridgehead atoms. The minimum Gasteiger partial charge on any atom is -0.496 e. The Morgan fingerprint density at radius 1 is 1.33 bits per heavy atom. The normalized spacial score (nSPS) is 21.2. The fraction of sp³-hybridized carbons (Fsp3) is 0.647. The van der Waals surface area contributed by atoms with E-state index >= 15 is 0 Å². The zero-order valence-corrected chi connectivity index (χ0v) is 13.5. The van der Waals surface area contributed by atoms with Crippen molar-refractivity contribution in [1.29, 1.82) is 0 Å². The standard InChI is InChI=1S/C17H28N2O2/c1-18-16(15-8-4-5-9-17(15)21-3)12-19-10-6-7-14(11-19)13-20-2/h4-5,8-9,14,16,18H,6-7,10-13H2,1-3H3. The first kappa shape index (κ1) is 16.3. The fourth-order valence-corrected chi connectivity index (χ4v) is 3.25. The van der Waals surface area contributed by atoms with Crippen LogP contribution >= 0.6 is 0 Å². The predicted molar refractivity (Wildman–Crippen MR) is 85.8 cm³/mol. The van der Waals surface area contributed by atoms with Crippen molar-refractivity contribution in [1.82, 2.24) is 10.2 Å². The maximum absolute atomic E-state index is 5.50. The summed E-state index contributed by atoms with van der Waals surface area (Å²) in [6.07, 6.45) is 2.54. The molecule has 1 aliphatic heterocycles. The number of benzene rings is 1. The highest BCUT2D eigenvalue weighted by Gasteiger charge is 2.23. The van der Waals surface area contributed by atoms with Gasteiger partial charge in [-0.05, 0) is 38.4 Å². The molecule has 0 radical (unpaired) electrons. The van der Waals surface area contributed by atoms with Crippen molar-refractivity contribution in [2.45, 2.75) is 18.9 Å². The summed E-state index contributed by atoms with van der Waals surface area (Å²) in [5.41, 5.74) is 1.23. The van der Waals surface area contributed by atoms with Crippen LogP contribution in [0.2, 0.25) is 0 Å². The summed E-state index contributed by atoms with van der Waals surface area (Å²) in [6.45, 7) is 4.18. The van der Waals surface area contributed by atoms with E-state index in [0.29, 0.717) is 12.0 Å². The number of likely N-dealkylation sites (N-methyl/N-ethyl adjacent to an activating group) is 1. The monoisotopic (exact) mass is 292 g/mol. The van der Waals surface area contributed by atoms with E-state index in [1.165, 1.54) is 24.9 Å². The second kappa shape index (κ2) is 8.37. The van der Waals surface area contributed by atoms with Crippen LogP contribution < -0.4 is 10.1 Å². The van der Waals surface area contributed by atoms with Crippen molar-refractivity contribution in [3.05, 3.63) is 29.8 Å². The Morgan fingerprint density at radius 3 is 2.86 bits per heavy atom. The molecular formula is C17H28N2O2. The van der Waals surface area contributed by atoms with Gasteiger partial charge in [-0.1, -0.05) is 18.2 Å². The fourth-order valence-electron chi connectivity index (χ4n) is 3.25. The van der Waals surface area contributed by atoms with Crippen molar-refractivity contribution < 1.29 is 9.47 Å². The van der Waals surface area contributed by atoms with Crippen LogP contribution in [0, 0.1) is 5.92 Å². The summed E-state index contributed by atoms with van der Waals surface area (Å²) in [5, 5.41) is 3.43. The highest BCUT2D eigenvalue weighted by atomic mass is 16.5. The Morgan fingerprint density at radius 2 is 2.14 bits per heavy atom. The molecule has 2 atom stereocenters. The van der Waals surface area contributed by atoms with Crippen molar-refractivity contribution in [3.8, 4) is 5.75 Å². The first-order valence-corrected chi connectivity index (χ1v) is 7.80. The summed E-state index contributed by atoms with van der Waals surface area (Å²) in [6, 6.07) is 8.57. The largest absolute Gasteiger partial charge is 0.496 e. The Balaban J connectivity index is 2.01. The molecule has 1 aromatic rings. The number of methoxy groups -OCH3 is 2. The van der Waals surface area contributed by atoms with Gasteiger partial charge >= 0.3 is 0 Å². The van der Waals surface area contributed by atoms with Crippen LogP contribution in [0.25, 0.3) is 0 Å². The van der Waals surface area contributed by atoms with Crippen molar-refractivity contribution >= 4 is 0 Å². The zero-order chi connectivity index (χ0) is 15.1. The predicted octanol–water partition coefficient (Wildman–Crippen LogP) is 2.31. The first-order valence-electron chi connectivity index (χ1n) is 7.80. The number of hydrogen-bond donors (Lipinski definition) is 1. The zero-order valence-electron chi connectivity index (χ0n) is 13.5. The third-order valence-electron chi connectivity index (χ3n) is 4.31. The number of ether oxygens (including phenoxy) is 2. The Bertz CT molecular complexity index is 423. The highest BCUT2D eigenvalue weighted by molar-refractivity contribution is 5.36. The lowest BCUT2D eigenvalue weighted by molar-refractivity contribution is 0.0860. The van der Waals surface area contributed by atoms with Crippen LogP contribution in [0.15, 0.2) is 24.3 Å². The van der Waals surface area contributed by atoms with Gasteiger partial charge in [-0.15, -0.1) is 0 Å². The molecule has 1 saturated heterocycles. The molecule has 4 nitrogen and oxygen atoms in total. The van der Waals surface area contributed by atoms with Gasteiger partial charge in [0.2, 0.25) is 0 Å². The maximum Gasteiger partial charge on any atom is 0.123 e. The highest BCUT2D eigenvalue weighted by Crippen LogP contribution is 2.26. The molecule has 0 amide bonds. The quantitative estimate of drug-likeness (QED) is 0.836. The van der Waals surface area contributed by atoms with Crippen LogP contribution in [-0.2, 0) is 4.74 Å². The SMILES string of the molecule is CNC(CN1CCCC(COC)C1)c1ccccc1OC. The minimum atomic E-state index is 0.294. The number of para-hydroxylation sites is 1. The molecule has 2 rings (SSSR count). The number of nitrogens with zero attached hydrogens (tertiary/aromatic N) is 1. The lowest BCUT2D eigenvalue weighted by Crippen LogP contribution is -2.41. The van der Waals surface area contributed by atoms with Gasteiger partial charge in [-0.2, -0.15) is 0 Å². The molecule has 4 heteroatoms. The van der Waals surface area contributed by atoms with Gasteiger partial charge in [0.05, 0.1) is 13.7 Å². The molecule has 1 aromatic carbocycles. The van der Waals surface area contributed by atoms with Gasteiger partial charge in [0.25, 0.3) is 0 Å². The Hall–Kier alpha value is -1.10. The van der Waals surface area contributed by atoms with E-state index in [1.54, 1.807) is 14.2 Å². The van der Waals surface area contributed by atoms with Gasteiger partial charge in [0, 0.05) is 31.8 Å². The van der Waals surface area contributed by atoms with Gasteiger partial charge in [-0.3, -0.25) is 0 Å². The number of likely N-dealkylation sites (tertiary alicyclic amines) is 1. The Labute approximate surface area is 128 Å². The van der Waals surface area contributed by atoms with Crippen LogP contribution in [0.1, 0.15) is 24.4 Å². The molecule has 118 valence electrons. The third-order valence-corrected chi connectivity index (χ3v) is 4.31. The van der Waals surface area contributed by atoms with E-state index in [0.717, 1.165) is 25.4 Å². The minimum absolute atomic E-state index is 0.294. The number of rotatable bonds is 7. The van der Waals surface area contributed by atoms with Crippen LogP contribution in [0.3, 0.4) is 0 Å². The molecule has 0 saturated carbocycles. The molecule has 1 heterocycles. The lowest BCUT2D eigenvalue weighted by atomic mass is 9.97.